The molecule has 0 radical (unpaired) electrons. The minimum Gasteiger partial charge on any atom is -0.421 e. The monoisotopic (exact) mass is 377 g/mol. The summed E-state index contributed by atoms with van der Waals surface area (Å²) in [5.74, 6) is 0.982. The van der Waals surface area contributed by atoms with Gasteiger partial charge in [-0.05, 0) is 32.4 Å². The number of sulfone groups is 1. The molecule has 1 atom stereocenters. The number of nitrogens with zero attached hydrogens (tertiary/aromatic N) is 3. The van der Waals surface area contributed by atoms with Crippen molar-refractivity contribution in [3.8, 4) is 11.5 Å². The Bertz CT molecular complexity index is 891. The molecule has 8 heteroatoms. The molecule has 0 bridgehead atoms. The van der Waals surface area contributed by atoms with Crippen LogP contribution in [0.2, 0.25) is 0 Å². The highest BCUT2D eigenvalue weighted by atomic mass is 32.2. The standard InChI is InChI=1S/C18H23N3O4S/c1-3-21(15-9-10-26(23,24)12-15)17(22)8-7-16-19-20-18(25-16)14-6-4-5-13(2)11-14/h4-6,11,15H,3,7-10,12H2,1-2H3. The first-order valence-electron chi connectivity index (χ1n) is 8.77. The molecule has 2 aromatic rings. The lowest BCUT2D eigenvalue weighted by Gasteiger charge is -2.26. The van der Waals surface area contributed by atoms with Crippen LogP contribution in [0.25, 0.3) is 11.5 Å². The van der Waals surface area contributed by atoms with E-state index in [1.54, 1.807) is 4.90 Å². The maximum Gasteiger partial charge on any atom is 0.247 e. The lowest BCUT2D eigenvalue weighted by atomic mass is 10.1. The number of hydrogen-bond donors (Lipinski definition) is 0. The second-order valence-corrected chi connectivity index (χ2v) is 8.84. The Hall–Kier alpha value is -2.22. The van der Waals surface area contributed by atoms with Crippen LogP contribution in [-0.2, 0) is 21.1 Å². The van der Waals surface area contributed by atoms with Gasteiger partial charge in [-0.3, -0.25) is 4.79 Å². The fourth-order valence-electron chi connectivity index (χ4n) is 3.27. The van der Waals surface area contributed by atoms with E-state index >= 15 is 0 Å². The van der Waals surface area contributed by atoms with Crippen molar-refractivity contribution in [2.75, 3.05) is 18.1 Å². The van der Waals surface area contributed by atoms with Gasteiger partial charge in [-0.15, -0.1) is 10.2 Å². The van der Waals surface area contributed by atoms with Gasteiger partial charge in [0.15, 0.2) is 9.84 Å². The number of carbonyl (C=O) groups is 1. The molecule has 26 heavy (non-hydrogen) atoms. The largest absolute Gasteiger partial charge is 0.421 e. The average Bonchev–Trinajstić information content (AvgIpc) is 3.20. The Morgan fingerprint density at radius 1 is 1.35 bits per heavy atom. The molecule has 1 fully saturated rings. The Kier molecular flexibility index (Phi) is 5.41. The highest BCUT2D eigenvalue weighted by Gasteiger charge is 2.33. The highest BCUT2D eigenvalue weighted by Crippen LogP contribution is 2.21. The van der Waals surface area contributed by atoms with Crippen LogP contribution in [0.15, 0.2) is 28.7 Å². The molecule has 1 unspecified atom stereocenters. The zero-order valence-corrected chi connectivity index (χ0v) is 15.8. The topological polar surface area (TPSA) is 93.4 Å². The van der Waals surface area contributed by atoms with Gasteiger partial charge in [0.1, 0.15) is 0 Å². The zero-order chi connectivity index (χ0) is 18.7. The van der Waals surface area contributed by atoms with E-state index in [1.165, 1.54) is 0 Å². The summed E-state index contributed by atoms with van der Waals surface area (Å²) in [5, 5.41) is 8.06. The van der Waals surface area contributed by atoms with Crippen molar-refractivity contribution in [1.29, 1.82) is 0 Å². The van der Waals surface area contributed by atoms with E-state index in [2.05, 4.69) is 10.2 Å². The van der Waals surface area contributed by atoms with E-state index in [1.807, 2.05) is 38.1 Å². The first-order chi connectivity index (χ1) is 12.4. The maximum atomic E-state index is 12.5. The fourth-order valence-corrected chi connectivity index (χ4v) is 5.00. The SMILES string of the molecule is CCN(C(=O)CCc1nnc(-c2cccc(C)c2)o1)C1CCS(=O)(=O)C1. The molecule has 1 amide bonds. The van der Waals surface area contributed by atoms with Gasteiger partial charge in [-0.1, -0.05) is 17.7 Å². The summed E-state index contributed by atoms with van der Waals surface area (Å²) in [6.45, 7) is 4.35. The van der Waals surface area contributed by atoms with Crippen LogP contribution >= 0.6 is 0 Å². The van der Waals surface area contributed by atoms with E-state index in [-0.39, 0.29) is 29.9 Å². The molecular formula is C18H23N3O4S. The number of rotatable bonds is 6. The van der Waals surface area contributed by atoms with Crippen LogP contribution < -0.4 is 0 Å². The van der Waals surface area contributed by atoms with Crippen molar-refractivity contribution in [2.45, 2.75) is 39.2 Å². The predicted octanol–water partition coefficient (Wildman–Crippen LogP) is 2.01. The van der Waals surface area contributed by atoms with Crippen molar-refractivity contribution >= 4 is 15.7 Å². The third-order valence-corrected chi connectivity index (χ3v) is 6.35. The lowest BCUT2D eigenvalue weighted by molar-refractivity contribution is -0.132. The molecular weight excluding hydrogens is 354 g/mol. The van der Waals surface area contributed by atoms with Crippen molar-refractivity contribution in [2.24, 2.45) is 0 Å². The molecule has 7 nitrogen and oxygen atoms in total. The van der Waals surface area contributed by atoms with Crippen molar-refractivity contribution in [3.05, 3.63) is 35.7 Å². The van der Waals surface area contributed by atoms with Crippen molar-refractivity contribution in [3.63, 3.8) is 0 Å². The molecule has 0 saturated carbocycles. The molecule has 2 heterocycles. The summed E-state index contributed by atoms with van der Waals surface area (Å²) in [4.78, 5) is 14.2. The van der Waals surface area contributed by atoms with Crippen molar-refractivity contribution < 1.29 is 17.6 Å². The molecule has 1 aliphatic rings. The number of carbonyl (C=O) groups excluding carboxylic acids is 1. The second-order valence-electron chi connectivity index (χ2n) is 6.61. The molecule has 1 aromatic carbocycles. The van der Waals surface area contributed by atoms with E-state index in [4.69, 9.17) is 4.42 Å². The Balaban J connectivity index is 1.61. The number of hydrogen-bond acceptors (Lipinski definition) is 6. The Morgan fingerprint density at radius 3 is 2.81 bits per heavy atom. The zero-order valence-electron chi connectivity index (χ0n) is 15.0. The fraction of sp³-hybridized carbons (Fsp3) is 0.500. The summed E-state index contributed by atoms with van der Waals surface area (Å²) in [5.41, 5.74) is 1.95. The van der Waals surface area contributed by atoms with E-state index in [0.717, 1.165) is 11.1 Å². The van der Waals surface area contributed by atoms with E-state index in [0.29, 0.717) is 31.2 Å². The Morgan fingerprint density at radius 2 is 2.15 bits per heavy atom. The van der Waals surface area contributed by atoms with Gasteiger partial charge in [0, 0.05) is 31.0 Å². The van der Waals surface area contributed by atoms with Gasteiger partial charge in [0.05, 0.1) is 11.5 Å². The smallest absolute Gasteiger partial charge is 0.247 e. The second kappa shape index (κ2) is 7.57. The van der Waals surface area contributed by atoms with Gasteiger partial charge in [-0.25, -0.2) is 8.42 Å². The summed E-state index contributed by atoms with van der Waals surface area (Å²) in [7, 11) is -3.02. The molecule has 0 spiro atoms. The minimum absolute atomic E-state index is 0.0602. The van der Waals surface area contributed by atoms with Crippen LogP contribution in [0.5, 0.6) is 0 Å². The maximum absolute atomic E-state index is 12.5. The normalized spacial score (nSPS) is 18.8. The van der Waals surface area contributed by atoms with Gasteiger partial charge in [0.25, 0.3) is 0 Å². The van der Waals surface area contributed by atoms with Gasteiger partial charge in [-0.2, -0.15) is 0 Å². The molecule has 140 valence electrons. The lowest BCUT2D eigenvalue weighted by Crippen LogP contribution is -2.41. The number of aromatic nitrogens is 2. The van der Waals surface area contributed by atoms with E-state index < -0.39 is 9.84 Å². The molecule has 1 aliphatic heterocycles. The first-order valence-corrected chi connectivity index (χ1v) is 10.6. The average molecular weight is 377 g/mol. The predicted molar refractivity (Wildman–Crippen MR) is 97.2 cm³/mol. The number of amides is 1. The molecule has 3 rings (SSSR count). The highest BCUT2D eigenvalue weighted by molar-refractivity contribution is 7.91. The first kappa shape index (κ1) is 18.6. The number of benzene rings is 1. The summed E-state index contributed by atoms with van der Waals surface area (Å²) in [6.07, 6.45) is 1.08. The van der Waals surface area contributed by atoms with Crippen LogP contribution in [0.4, 0.5) is 0 Å². The van der Waals surface area contributed by atoms with Gasteiger partial charge in [0.2, 0.25) is 17.7 Å². The van der Waals surface area contributed by atoms with Crippen LogP contribution in [0.3, 0.4) is 0 Å². The minimum atomic E-state index is -3.02. The summed E-state index contributed by atoms with van der Waals surface area (Å²) < 4.78 is 29.0. The van der Waals surface area contributed by atoms with Crippen LogP contribution in [0, 0.1) is 6.92 Å². The quantitative estimate of drug-likeness (QED) is 0.764. The number of aryl methyl sites for hydroxylation is 2. The molecule has 0 aliphatic carbocycles. The van der Waals surface area contributed by atoms with Crippen molar-refractivity contribution in [1.82, 2.24) is 15.1 Å². The third-order valence-electron chi connectivity index (χ3n) is 4.59. The van der Waals surface area contributed by atoms with Gasteiger partial charge >= 0.3 is 0 Å². The van der Waals surface area contributed by atoms with Crippen LogP contribution in [0.1, 0.15) is 31.2 Å². The van der Waals surface area contributed by atoms with Crippen LogP contribution in [-0.4, -0.2) is 53.5 Å². The Labute approximate surface area is 153 Å². The van der Waals surface area contributed by atoms with E-state index in [9.17, 15) is 13.2 Å². The molecule has 1 aromatic heterocycles. The molecule has 0 N–H and O–H groups in total. The van der Waals surface area contributed by atoms with Gasteiger partial charge < -0.3 is 9.32 Å². The summed E-state index contributed by atoms with van der Waals surface area (Å²) >= 11 is 0. The summed E-state index contributed by atoms with van der Waals surface area (Å²) in [6, 6.07) is 7.55. The molecule has 1 saturated heterocycles. The third kappa shape index (κ3) is 4.30.